The SMILES string of the molecule is [CH2]CC1=CC(c2ccc(OCCCC(F)(F)F)cc2)(c2ccc(OCCCC(F)(F)F)cc2)C(C(F)(F)F)NC1. The van der Waals surface area contributed by atoms with E-state index in [0.717, 1.165) is 0 Å². The van der Waals surface area contributed by atoms with Gasteiger partial charge in [-0.3, -0.25) is 0 Å². The molecule has 0 spiro atoms. The highest BCUT2D eigenvalue weighted by Gasteiger charge is 2.55. The summed E-state index contributed by atoms with van der Waals surface area (Å²) in [6.45, 7) is 3.34. The van der Waals surface area contributed by atoms with Gasteiger partial charge in [0.15, 0.2) is 0 Å². The highest BCUT2D eigenvalue weighted by atomic mass is 19.4. The van der Waals surface area contributed by atoms with Gasteiger partial charge in [-0.05, 0) is 61.6 Å². The van der Waals surface area contributed by atoms with Crippen molar-refractivity contribution in [2.75, 3.05) is 19.8 Å². The quantitative estimate of drug-likeness (QED) is 0.165. The van der Waals surface area contributed by atoms with Crippen LogP contribution in [-0.4, -0.2) is 44.3 Å². The van der Waals surface area contributed by atoms with Crippen molar-refractivity contribution < 1.29 is 49.0 Å². The van der Waals surface area contributed by atoms with Crippen LogP contribution in [0.1, 0.15) is 43.2 Å². The van der Waals surface area contributed by atoms with Crippen LogP contribution < -0.4 is 14.8 Å². The summed E-state index contributed by atoms with van der Waals surface area (Å²) in [7, 11) is 0. The van der Waals surface area contributed by atoms with E-state index in [9.17, 15) is 39.5 Å². The van der Waals surface area contributed by atoms with Crippen molar-refractivity contribution in [2.24, 2.45) is 0 Å². The number of rotatable bonds is 11. The third-order valence-electron chi connectivity index (χ3n) is 6.48. The molecule has 1 radical (unpaired) electrons. The smallest absolute Gasteiger partial charge is 0.405 e. The van der Waals surface area contributed by atoms with Crippen LogP contribution in [0.2, 0.25) is 0 Å². The highest BCUT2D eigenvalue weighted by molar-refractivity contribution is 5.52. The maximum atomic E-state index is 14.5. The first kappa shape index (κ1) is 31.6. The summed E-state index contributed by atoms with van der Waals surface area (Å²) in [5.41, 5.74) is -0.642. The topological polar surface area (TPSA) is 30.5 Å². The Morgan fingerprint density at radius 1 is 0.725 bits per heavy atom. The molecule has 221 valence electrons. The number of ether oxygens (including phenoxy) is 2. The summed E-state index contributed by atoms with van der Waals surface area (Å²) in [5, 5.41) is 2.58. The zero-order valence-corrected chi connectivity index (χ0v) is 21.4. The summed E-state index contributed by atoms with van der Waals surface area (Å²) in [5.74, 6) is 0.412. The van der Waals surface area contributed by atoms with E-state index in [2.05, 4.69) is 12.2 Å². The third kappa shape index (κ3) is 8.55. The molecule has 3 rings (SSSR count). The van der Waals surface area contributed by atoms with Crippen LogP contribution in [-0.2, 0) is 5.41 Å². The molecule has 0 aromatic heterocycles. The van der Waals surface area contributed by atoms with Crippen LogP contribution in [0, 0.1) is 6.92 Å². The first-order valence-electron chi connectivity index (χ1n) is 12.5. The number of hydrogen-bond donors (Lipinski definition) is 1. The maximum Gasteiger partial charge on any atom is 0.405 e. The minimum Gasteiger partial charge on any atom is -0.494 e. The molecule has 2 aromatic rings. The van der Waals surface area contributed by atoms with E-state index in [-0.39, 0.29) is 61.6 Å². The van der Waals surface area contributed by atoms with Crippen molar-refractivity contribution in [2.45, 2.75) is 62.1 Å². The molecule has 1 atom stereocenters. The fourth-order valence-electron chi connectivity index (χ4n) is 4.63. The molecular formula is C28H29F9NO2. The highest BCUT2D eigenvalue weighted by Crippen LogP contribution is 2.46. The molecule has 0 aliphatic carbocycles. The molecule has 1 heterocycles. The zero-order chi connectivity index (χ0) is 29.6. The van der Waals surface area contributed by atoms with Crippen molar-refractivity contribution in [3.63, 3.8) is 0 Å². The fourth-order valence-corrected chi connectivity index (χ4v) is 4.63. The molecule has 0 fully saturated rings. The largest absolute Gasteiger partial charge is 0.494 e. The minimum atomic E-state index is -4.69. The van der Waals surface area contributed by atoms with Gasteiger partial charge >= 0.3 is 18.5 Å². The fraction of sp³-hybridized carbons (Fsp3) is 0.464. The van der Waals surface area contributed by atoms with Crippen LogP contribution in [0.5, 0.6) is 11.5 Å². The van der Waals surface area contributed by atoms with E-state index >= 15 is 0 Å². The van der Waals surface area contributed by atoms with Crippen molar-refractivity contribution in [3.8, 4) is 11.5 Å². The van der Waals surface area contributed by atoms with Gasteiger partial charge in [0.25, 0.3) is 0 Å². The molecule has 0 saturated carbocycles. The lowest BCUT2D eigenvalue weighted by Crippen LogP contribution is -2.59. The Labute approximate surface area is 226 Å². The molecule has 12 heteroatoms. The average Bonchev–Trinajstić information content (AvgIpc) is 2.88. The predicted octanol–water partition coefficient (Wildman–Crippen LogP) is 8.10. The van der Waals surface area contributed by atoms with E-state index < -0.39 is 42.8 Å². The van der Waals surface area contributed by atoms with Crippen LogP contribution in [0.25, 0.3) is 0 Å². The first-order chi connectivity index (χ1) is 18.6. The van der Waals surface area contributed by atoms with Crippen LogP contribution >= 0.6 is 0 Å². The first-order valence-corrected chi connectivity index (χ1v) is 12.5. The summed E-state index contributed by atoms with van der Waals surface area (Å²) in [6, 6.07) is 9.31. The molecule has 0 saturated heterocycles. The Morgan fingerprint density at radius 2 is 1.15 bits per heavy atom. The lowest BCUT2D eigenvalue weighted by atomic mass is 9.66. The monoisotopic (exact) mass is 582 g/mol. The van der Waals surface area contributed by atoms with Crippen LogP contribution in [0.4, 0.5) is 39.5 Å². The standard InChI is InChI=1S/C28H29F9NO2/c1-2-19-17-25(24(38-18-19)28(35,36)37,20-5-9-22(10-6-20)39-15-3-13-26(29,30)31)21-7-11-23(12-8-21)40-16-4-14-27(32,33)34/h5-12,17,24,38H,1-4,13-16,18H2. The predicted molar refractivity (Wildman–Crippen MR) is 131 cm³/mol. The van der Waals surface area contributed by atoms with Crippen LogP contribution in [0.3, 0.4) is 0 Å². The van der Waals surface area contributed by atoms with Crippen molar-refractivity contribution >= 4 is 0 Å². The van der Waals surface area contributed by atoms with E-state index in [1.165, 1.54) is 54.6 Å². The van der Waals surface area contributed by atoms with Gasteiger partial charge in [-0.25, -0.2) is 0 Å². The van der Waals surface area contributed by atoms with Gasteiger partial charge in [0.05, 0.1) is 18.6 Å². The number of benzene rings is 2. The van der Waals surface area contributed by atoms with Crippen molar-refractivity contribution in [3.05, 3.63) is 78.2 Å². The van der Waals surface area contributed by atoms with Gasteiger partial charge in [0.2, 0.25) is 0 Å². The van der Waals surface area contributed by atoms with Crippen molar-refractivity contribution in [1.82, 2.24) is 5.32 Å². The lowest BCUT2D eigenvalue weighted by Gasteiger charge is -2.44. The number of alkyl halides is 9. The normalized spacial score (nSPS) is 17.9. The van der Waals surface area contributed by atoms with Gasteiger partial charge in [-0.15, -0.1) is 0 Å². The minimum absolute atomic E-state index is 0.0315. The van der Waals surface area contributed by atoms with Gasteiger partial charge in [0, 0.05) is 19.4 Å². The maximum absolute atomic E-state index is 14.5. The Bertz CT molecular complexity index is 1040. The number of hydrogen-bond acceptors (Lipinski definition) is 3. The van der Waals surface area contributed by atoms with Gasteiger partial charge in [-0.2, -0.15) is 39.5 Å². The van der Waals surface area contributed by atoms with Gasteiger partial charge in [-0.1, -0.05) is 35.9 Å². The summed E-state index contributed by atoms with van der Waals surface area (Å²) in [6.07, 6.45) is -14.1. The lowest BCUT2D eigenvalue weighted by molar-refractivity contribution is -0.166. The second-order valence-corrected chi connectivity index (χ2v) is 9.46. The zero-order valence-electron chi connectivity index (χ0n) is 21.4. The van der Waals surface area contributed by atoms with Gasteiger partial charge in [0.1, 0.15) is 17.5 Å². The summed E-state index contributed by atoms with van der Waals surface area (Å²) < 4.78 is 128. The number of halogens is 9. The molecule has 1 aliphatic heterocycles. The summed E-state index contributed by atoms with van der Waals surface area (Å²) >= 11 is 0. The van der Waals surface area contributed by atoms with Crippen molar-refractivity contribution in [1.29, 1.82) is 0 Å². The molecule has 2 aromatic carbocycles. The molecule has 0 amide bonds. The summed E-state index contributed by atoms with van der Waals surface area (Å²) in [4.78, 5) is 0. The second kappa shape index (κ2) is 12.7. The van der Waals surface area contributed by atoms with Crippen LogP contribution in [0.15, 0.2) is 60.2 Å². The second-order valence-electron chi connectivity index (χ2n) is 9.46. The van der Waals surface area contributed by atoms with E-state index in [4.69, 9.17) is 9.47 Å². The molecular weight excluding hydrogens is 553 g/mol. The molecule has 1 aliphatic rings. The van der Waals surface area contributed by atoms with E-state index in [0.29, 0.717) is 5.57 Å². The Kier molecular flexibility index (Phi) is 10.1. The van der Waals surface area contributed by atoms with E-state index in [1.54, 1.807) is 0 Å². The van der Waals surface area contributed by atoms with Gasteiger partial charge < -0.3 is 14.8 Å². The molecule has 40 heavy (non-hydrogen) atoms. The molecule has 1 unspecified atom stereocenters. The van der Waals surface area contributed by atoms with E-state index in [1.807, 2.05) is 0 Å². The molecule has 1 N–H and O–H groups in total. The molecule has 0 bridgehead atoms. The number of nitrogens with one attached hydrogen (secondary N) is 1. The average molecular weight is 583 g/mol. The third-order valence-corrected chi connectivity index (χ3v) is 6.48. The molecule has 3 nitrogen and oxygen atoms in total. The Morgan fingerprint density at radius 3 is 1.50 bits per heavy atom. The Hall–Kier alpha value is -2.89. The Balaban J connectivity index is 1.92.